The van der Waals surface area contributed by atoms with E-state index in [2.05, 4.69) is 5.32 Å². The number of hydrogen-bond donors (Lipinski definition) is 1. The Morgan fingerprint density at radius 2 is 1.85 bits per heavy atom. The van der Waals surface area contributed by atoms with Crippen molar-refractivity contribution in [3.63, 3.8) is 0 Å². The molecule has 0 saturated carbocycles. The molecule has 2 amide bonds. The Morgan fingerprint density at radius 1 is 1.15 bits per heavy atom. The van der Waals surface area contributed by atoms with Gasteiger partial charge in [0.05, 0.1) is 5.02 Å². The number of halogens is 3. The minimum Gasteiger partial charge on any atom is -0.482 e. The molecule has 0 bridgehead atoms. The van der Waals surface area contributed by atoms with E-state index >= 15 is 0 Å². The van der Waals surface area contributed by atoms with Gasteiger partial charge >= 0.3 is 0 Å². The van der Waals surface area contributed by atoms with Gasteiger partial charge in [-0.25, -0.2) is 4.39 Å². The highest BCUT2D eigenvalue weighted by Crippen LogP contribution is 2.27. The van der Waals surface area contributed by atoms with E-state index < -0.39 is 0 Å². The first-order chi connectivity index (χ1) is 12.4. The first kappa shape index (κ1) is 20.0. The summed E-state index contributed by atoms with van der Waals surface area (Å²) in [4.78, 5) is 25.1. The molecule has 138 valence electrons. The summed E-state index contributed by atoms with van der Waals surface area (Å²) in [5, 5.41) is 3.43. The molecule has 5 nitrogen and oxygen atoms in total. The number of nitrogens with one attached hydrogen (secondary N) is 1. The average molecular weight is 399 g/mol. The fraction of sp³-hybridized carbons (Fsp3) is 0.222. The van der Waals surface area contributed by atoms with Crippen molar-refractivity contribution in [3.8, 4) is 5.75 Å². The predicted molar refractivity (Wildman–Crippen MR) is 99.4 cm³/mol. The zero-order chi connectivity index (χ0) is 19.1. The summed E-state index contributed by atoms with van der Waals surface area (Å²) in [5.41, 5.74) is 0.553. The molecule has 8 heteroatoms. The van der Waals surface area contributed by atoms with Crippen LogP contribution < -0.4 is 15.0 Å². The molecule has 0 aliphatic heterocycles. The van der Waals surface area contributed by atoms with Gasteiger partial charge in [-0.3, -0.25) is 9.59 Å². The largest absolute Gasteiger partial charge is 0.482 e. The predicted octanol–water partition coefficient (Wildman–Crippen LogP) is 3.68. The monoisotopic (exact) mass is 398 g/mol. The number of carbonyl (C=O) groups excluding carboxylic acids is 2. The van der Waals surface area contributed by atoms with Gasteiger partial charge in [-0.15, -0.1) is 0 Å². The molecular formula is C18H17Cl2FN2O3. The Bertz CT molecular complexity index is 785. The molecule has 0 spiro atoms. The summed E-state index contributed by atoms with van der Waals surface area (Å²) in [6, 6.07) is 10.2. The van der Waals surface area contributed by atoms with Crippen LogP contribution in [0.5, 0.6) is 5.75 Å². The van der Waals surface area contributed by atoms with Crippen molar-refractivity contribution in [2.75, 3.05) is 24.6 Å². The van der Waals surface area contributed by atoms with Crippen LogP contribution in [0.4, 0.5) is 10.1 Å². The van der Waals surface area contributed by atoms with Crippen molar-refractivity contribution in [1.29, 1.82) is 0 Å². The van der Waals surface area contributed by atoms with Crippen LogP contribution in [-0.4, -0.2) is 31.5 Å². The third kappa shape index (κ3) is 5.89. The third-order valence-electron chi connectivity index (χ3n) is 3.43. The number of benzene rings is 2. The topological polar surface area (TPSA) is 58.6 Å². The number of hydrogen-bond acceptors (Lipinski definition) is 3. The minimum absolute atomic E-state index is 0.213. The first-order valence-electron chi connectivity index (χ1n) is 7.75. The van der Waals surface area contributed by atoms with Crippen molar-refractivity contribution >= 4 is 40.7 Å². The Kier molecular flexibility index (Phi) is 7.24. The minimum atomic E-state index is -0.386. The molecule has 2 aromatic carbocycles. The lowest BCUT2D eigenvalue weighted by Crippen LogP contribution is -2.39. The quantitative estimate of drug-likeness (QED) is 0.773. The molecular weight excluding hydrogens is 382 g/mol. The van der Waals surface area contributed by atoms with Gasteiger partial charge in [0.2, 0.25) is 5.91 Å². The fourth-order valence-electron chi connectivity index (χ4n) is 2.18. The zero-order valence-corrected chi connectivity index (χ0v) is 15.5. The van der Waals surface area contributed by atoms with Crippen LogP contribution in [-0.2, 0) is 9.59 Å². The molecule has 2 rings (SSSR count). The molecule has 0 aromatic heterocycles. The summed E-state index contributed by atoms with van der Waals surface area (Å²) in [6.07, 6.45) is 0. The van der Waals surface area contributed by atoms with Crippen LogP contribution in [0.15, 0.2) is 42.5 Å². The molecule has 0 heterocycles. The van der Waals surface area contributed by atoms with Gasteiger partial charge in [-0.05, 0) is 42.5 Å². The van der Waals surface area contributed by atoms with E-state index in [9.17, 15) is 14.0 Å². The molecule has 1 N–H and O–H groups in total. The van der Waals surface area contributed by atoms with Crippen LogP contribution in [0.1, 0.15) is 6.92 Å². The van der Waals surface area contributed by atoms with E-state index in [4.69, 9.17) is 27.9 Å². The second-order valence-electron chi connectivity index (χ2n) is 5.36. The van der Waals surface area contributed by atoms with E-state index in [1.807, 2.05) is 0 Å². The Balaban J connectivity index is 1.82. The average Bonchev–Trinajstić information content (AvgIpc) is 2.59. The smallest absolute Gasteiger partial charge is 0.258 e. The summed E-state index contributed by atoms with van der Waals surface area (Å²) in [6.45, 7) is 1.64. The van der Waals surface area contributed by atoms with E-state index in [1.165, 1.54) is 42.2 Å². The zero-order valence-electron chi connectivity index (χ0n) is 14.0. The maximum Gasteiger partial charge on any atom is 0.258 e. The number of rotatable bonds is 7. The molecule has 0 aliphatic rings. The lowest BCUT2D eigenvalue weighted by molar-refractivity contribution is -0.123. The Labute approximate surface area is 160 Å². The second kappa shape index (κ2) is 9.40. The molecule has 0 saturated heterocycles. The normalized spacial score (nSPS) is 10.3. The van der Waals surface area contributed by atoms with E-state index in [0.29, 0.717) is 21.5 Å². The van der Waals surface area contributed by atoms with E-state index in [-0.39, 0.29) is 37.3 Å². The van der Waals surface area contributed by atoms with Gasteiger partial charge in [0.1, 0.15) is 11.6 Å². The first-order valence-corrected chi connectivity index (χ1v) is 8.50. The Morgan fingerprint density at radius 3 is 2.46 bits per heavy atom. The molecule has 26 heavy (non-hydrogen) atoms. The highest BCUT2D eigenvalue weighted by molar-refractivity contribution is 6.35. The number of ether oxygens (including phenoxy) is 1. The standard InChI is InChI=1S/C18H17Cl2FN2O3/c1-12(24)23(15-5-3-14(21)4-6-15)9-8-22-18(25)11-26-17-7-2-13(19)10-16(17)20/h2-7,10H,8-9,11H2,1H3,(H,22,25). The number of nitrogens with zero attached hydrogens (tertiary/aromatic N) is 1. The highest BCUT2D eigenvalue weighted by Gasteiger charge is 2.12. The van der Waals surface area contributed by atoms with Crippen LogP contribution in [0.2, 0.25) is 10.0 Å². The van der Waals surface area contributed by atoms with Crippen molar-refractivity contribution in [3.05, 3.63) is 58.3 Å². The number of amides is 2. The lowest BCUT2D eigenvalue weighted by Gasteiger charge is -2.21. The van der Waals surface area contributed by atoms with E-state index in [1.54, 1.807) is 12.1 Å². The van der Waals surface area contributed by atoms with Crippen molar-refractivity contribution in [2.24, 2.45) is 0 Å². The summed E-state index contributed by atoms with van der Waals surface area (Å²) >= 11 is 11.8. The maximum absolute atomic E-state index is 13.0. The molecule has 0 radical (unpaired) electrons. The summed E-state index contributed by atoms with van der Waals surface area (Å²) in [7, 11) is 0. The van der Waals surface area contributed by atoms with Crippen molar-refractivity contribution in [1.82, 2.24) is 5.32 Å². The van der Waals surface area contributed by atoms with Crippen molar-refractivity contribution < 1.29 is 18.7 Å². The summed E-state index contributed by atoms with van der Waals surface area (Å²) in [5.74, 6) is -0.611. The Hall–Kier alpha value is -2.31. The van der Waals surface area contributed by atoms with Crippen molar-refractivity contribution in [2.45, 2.75) is 6.92 Å². The molecule has 2 aromatic rings. The van der Waals surface area contributed by atoms with Gasteiger partial charge in [-0.1, -0.05) is 23.2 Å². The SMILES string of the molecule is CC(=O)N(CCNC(=O)COc1ccc(Cl)cc1Cl)c1ccc(F)cc1. The van der Waals surface area contributed by atoms with Gasteiger partial charge in [0, 0.05) is 30.7 Å². The fourth-order valence-corrected chi connectivity index (χ4v) is 2.65. The van der Waals surface area contributed by atoms with Crippen LogP contribution in [0, 0.1) is 5.82 Å². The number of anilines is 1. The molecule has 0 fully saturated rings. The molecule has 0 atom stereocenters. The van der Waals surface area contributed by atoms with Gasteiger partial charge < -0.3 is 15.0 Å². The molecule has 0 unspecified atom stereocenters. The lowest BCUT2D eigenvalue weighted by atomic mass is 10.2. The second-order valence-corrected chi connectivity index (χ2v) is 6.20. The number of carbonyl (C=O) groups is 2. The maximum atomic E-state index is 13.0. The third-order valence-corrected chi connectivity index (χ3v) is 3.96. The summed E-state index contributed by atoms with van der Waals surface area (Å²) < 4.78 is 18.3. The van der Waals surface area contributed by atoms with Crippen LogP contribution >= 0.6 is 23.2 Å². The van der Waals surface area contributed by atoms with Gasteiger partial charge in [0.15, 0.2) is 6.61 Å². The van der Waals surface area contributed by atoms with Gasteiger partial charge in [0.25, 0.3) is 5.91 Å². The molecule has 0 aliphatic carbocycles. The van der Waals surface area contributed by atoms with Crippen LogP contribution in [0.3, 0.4) is 0 Å². The highest BCUT2D eigenvalue weighted by atomic mass is 35.5. The van der Waals surface area contributed by atoms with Crippen LogP contribution in [0.25, 0.3) is 0 Å². The van der Waals surface area contributed by atoms with E-state index in [0.717, 1.165) is 0 Å². The van der Waals surface area contributed by atoms with Gasteiger partial charge in [-0.2, -0.15) is 0 Å².